The van der Waals surface area contributed by atoms with E-state index >= 15 is 0 Å². The Morgan fingerprint density at radius 3 is 2.45 bits per heavy atom. The number of carbonyl (C=O) groups is 2. The summed E-state index contributed by atoms with van der Waals surface area (Å²) in [7, 11) is 0. The fourth-order valence-corrected chi connectivity index (χ4v) is 4.67. The lowest BCUT2D eigenvalue weighted by atomic mass is 9.92. The third-order valence-electron chi connectivity index (χ3n) is 5.76. The molecule has 0 bridgehead atoms. The van der Waals surface area contributed by atoms with Gasteiger partial charge in [-0.25, -0.2) is 4.98 Å². The number of anilines is 2. The molecule has 1 aliphatic rings. The number of carbonyl (C=O) groups excluding carboxylic acids is 2. The van der Waals surface area contributed by atoms with Crippen molar-refractivity contribution in [2.24, 2.45) is 0 Å². The minimum atomic E-state index is -0.245. The highest BCUT2D eigenvalue weighted by atomic mass is 32.1. The quantitative estimate of drug-likeness (QED) is 0.507. The molecule has 6 nitrogen and oxygen atoms in total. The van der Waals surface area contributed by atoms with E-state index in [1.807, 2.05) is 48.7 Å². The zero-order valence-corrected chi connectivity index (χ0v) is 20.5. The molecule has 2 aromatic carbocycles. The van der Waals surface area contributed by atoms with Crippen LogP contribution in [0.25, 0.3) is 11.3 Å². The third kappa shape index (κ3) is 4.78. The van der Waals surface area contributed by atoms with Crippen LogP contribution in [0.5, 0.6) is 5.75 Å². The highest BCUT2D eigenvalue weighted by molar-refractivity contribution is 7.09. The van der Waals surface area contributed by atoms with Crippen LogP contribution in [0.4, 0.5) is 11.4 Å². The second-order valence-corrected chi connectivity index (χ2v) is 9.93. The lowest BCUT2D eigenvalue weighted by Crippen LogP contribution is -2.43. The second-order valence-electron chi connectivity index (χ2n) is 8.87. The number of para-hydroxylation sites is 1. The molecule has 0 radical (unpaired) electrons. The van der Waals surface area contributed by atoms with Crippen LogP contribution in [0.2, 0.25) is 0 Å². The molecule has 1 N–H and O–H groups in total. The van der Waals surface area contributed by atoms with Crippen LogP contribution in [-0.4, -0.2) is 29.9 Å². The summed E-state index contributed by atoms with van der Waals surface area (Å²) in [4.78, 5) is 32.0. The van der Waals surface area contributed by atoms with Gasteiger partial charge in [0.15, 0.2) is 6.61 Å². The van der Waals surface area contributed by atoms with Gasteiger partial charge in [0.1, 0.15) is 12.3 Å². The number of hydrogen-bond donors (Lipinski definition) is 1. The first-order valence-electron chi connectivity index (χ1n) is 11.2. The largest absolute Gasteiger partial charge is 0.482 e. The number of thiazole rings is 1. The molecule has 0 saturated carbocycles. The summed E-state index contributed by atoms with van der Waals surface area (Å²) in [5, 5.41) is 6.06. The van der Waals surface area contributed by atoms with E-state index in [0.29, 0.717) is 11.4 Å². The number of aryl methyl sites for hydroxylation is 1. The summed E-state index contributed by atoms with van der Waals surface area (Å²) in [6.07, 6.45) is 0. The smallest absolute Gasteiger partial charge is 0.265 e. The molecule has 0 aliphatic carbocycles. The maximum atomic E-state index is 13.2. The Balaban J connectivity index is 1.63. The molecule has 2 amide bonds. The Hall–Kier alpha value is -3.19. The van der Waals surface area contributed by atoms with E-state index in [2.05, 4.69) is 38.0 Å². The van der Waals surface area contributed by atoms with Gasteiger partial charge in [-0.2, -0.15) is 0 Å². The summed E-state index contributed by atoms with van der Waals surface area (Å²) in [6, 6.07) is 11.8. The van der Waals surface area contributed by atoms with E-state index in [-0.39, 0.29) is 36.8 Å². The van der Waals surface area contributed by atoms with E-state index in [0.717, 1.165) is 33.1 Å². The van der Waals surface area contributed by atoms with Crippen molar-refractivity contribution < 1.29 is 14.3 Å². The van der Waals surface area contributed by atoms with Gasteiger partial charge in [-0.1, -0.05) is 45.9 Å². The fourth-order valence-electron chi connectivity index (χ4n) is 4.05. The van der Waals surface area contributed by atoms with Crippen molar-refractivity contribution in [3.63, 3.8) is 0 Å². The highest BCUT2D eigenvalue weighted by Crippen LogP contribution is 2.37. The van der Waals surface area contributed by atoms with E-state index in [9.17, 15) is 9.59 Å². The van der Waals surface area contributed by atoms with Crippen molar-refractivity contribution in [1.82, 2.24) is 4.98 Å². The average Bonchev–Trinajstić information content (AvgIpc) is 3.21. The maximum Gasteiger partial charge on any atom is 0.265 e. The monoisotopic (exact) mass is 463 g/mol. The summed E-state index contributed by atoms with van der Waals surface area (Å²) >= 11 is 1.57. The van der Waals surface area contributed by atoms with Gasteiger partial charge in [0, 0.05) is 16.6 Å². The molecule has 3 aromatic rings. The van der Waals surface area contributed by atoms with Gasteiger partial charge in [-0.15, -0.1) is 11.3 Å². The molecule has 2 heterocycles. The van der Waals surface area contributed by atoms with Crippen LogP contribution in [0.1, 0.15) is 55.7 Å². The zero-order chi connectivity index (χ0) is 23.7. The molecule has 1 aliphatic heterocycles. The van der Waals surface area contributed by atoms with E-state index in [1.165, 1.54) is 4.90 Å². The summed E-state index contributed by atoms with van der Waals surface area (Å²) < 4.78 is 5.62. The van der Waals surface area contributed by atoms with Gasteiger partial charge in [-0.05, 0) is 48.1 Å². The molecule has 4 rings (SSSR count). The van der Waals surface area contributed by atoms with Crippen LogP contribution in [0.3, 0.4) is 0 Å². The van der Waals surface area contributed by atoms with Crippen LogP contribution in [-0.2, 0) is 9.59 Å². The first kappa shape index (κ1) is 23.0. The molecular formula is C26H29N3O3S. The van der Waals surface area contributed by atoms with Gasteiger partial charge in [0.25, 0.3) is 5.91 Å². The van der Waals surface area contributed by atoms with Gasteiger partial charge >= 0.3 is 0 Å². The SMILES string of the molecule is Cc1nc(-c2ccc3c(c2)N(CC(=O)Nc2c(C(C)C)cccc2C(C)C)C(=O)CO3)cs1. The average molecular weight is 464 g/mol. The lowest BCUT2D eigenvalue weighted by Gasteiger charge is -2.29. The zero-order valence-electron chi connectivity index (χ0n) is 19.6. The Bertz CT molecular complexity index is 1170. The molecular weight excluding hydrogens is 434 g/mol. The molecule has 172 valence electrons. The Morgan fingerprint density at radius 1 is 1.15 bits per heavy atom. The van der Waals surface area contributed by atoms with Crippen LogP contribution >= 0.6 is 11.3 Å². The van der Waals surface area contributed by atoms with Crippen molar-refractivity contribution in [3.05, 3.63) is 57.9 Å². The number of hydrogen-bond acceptors (Lipinski definition) is 5. The van der Waals surface area contributed by atoms with Crippen LogP contribution < -0.4 is 15.0 Å². The van der Waals surface area contributed by atoms with E-state index in [1.54, 1.807) is 11.3 Å². The molecule has 0 saturated heterocycles. The van der Waals surface area contributed by atoms with Gasteiger partial charge in [0.05, 0.1) is 16.4 Å². The normalized spacial score (nSPS) is 13.3. The number of fused-ring (bicyclic) bond motifs is 1. The number of nitrogens with zero attached hydrogens (tertiary/aromatic N) is 2. The first-order valence-corrected chi connectivity index (χ1v) is 12.0. The van der Waals surface area contributed by atoms with Crippen LogP contribution in [0, 0.1) is 6.92 Å². The maximum absolute atomic E-state index is 13.2. The Kier molecular flexibility index (Phi) is 6.51. The standard InChI is InChI=1S/C26H29N3O3S/c1-15(2)19-7-6-8-20(16(3)4)26(19)28-24(30)12-29-22-11-18(21-14-33-17(5)27-21)9-10-23(22)32-13-25(29)31/h6-11,14-16H,12-13H2,1-5H3,(H,28,30). The third-order valence-corrected chi connectivity index (χ3v) is 6.53. The Labute approximate surface area is 198 Å². The first-order chi connectivity index (χ1) is 15.7. The van der Waals surface area contributed by atoms with Crippen molar-refractivity contribution in [2.75, 3.05) is 23.4 Å². The molecule has 33 heavy (non-hydrogen) atoms. The number of rotatable bonds is 6. The molecule has 1 aromatic heterocycles. The number of amides is 2. The van der Waals surface area contributed by atoms with E-state index in [4.69, 9.17) is 4.74 Å². The molecule has 0 atom stereocenters. The fraction of sp³-hybridized carbons (Fsp3) is 0.346. The molecule has 0 fully saturated rings. The number of ether oxygens (including phenoxy) is 1. The summed E-state index contributed by atoms with van der Waals surface area (Å²) in [5.74, 6) is 0.623. The van der Waals surface area contributed by atoms with Gasteiger partial charge in [-0.3, -0.25) is 14.5 Å². The number of nitrogens with one attached hydrogen (secondary N) is 1. The molecule has 0 spiro atoms. The predicted molar refractivity (Wildman–Crippen MR) is 133 cm³/mol. The van der Waals surface area contributed by atoms with Crippen molar-refractivity contribution in [1.29, 1.82) is 0 Å². The minimum absolute atomic E-state index is 0.0846. The van der Waals surface area contributed by atoms with Gasteiger partial charge < -0.3 is 10.1 Å². The topological polar surface area (TPSA) is 71.5 Å². The van der Waals surface area contributed by atoms with Crippen LogP contribution in [0.15, 0.2) is 41.8 Å². The lowest BCUT2D eigenvalue weighted by molar-refractivity contribution is -0.123. The molecule has 7 heteroatoms. The summed E-state index contributed by atoms with van der Waals surface area (Å²) in [6.45, 7) is 10.2. The van der Waals surface area contributed by atoms with Crippen molar-refractivity contribution in [3.8, 4) is 17.0 Å². The van der Waals surface area contributed by atoms with Gasteiger partial charge in [0.2, 0.25) is 5.91 Å². The van der Waals surface area contributed by atoms with Crippen molar-refractivity contribution in [2.45, 2.75) is 46.5 Å². The predicted octanol–water partition coefficient (Wildman–Crippen LogP) is 5.73. The Morgan fingerprint density at radius 2 is 1.85 bits per heavy atom. The summed E-state index contributed by atoms with van der Waals surface area (Å²) in [5.41, 5.74) is 5.34. The number of aromatic nitrogens is 1. The number of benzene rings is 2. The highest BCUT2D eigenvalue weighted by Gasteiger charge is 2.28. The second kappa shape index (κ2) is 9.35. The molecule has 0 unspecified atom stereocenters. The van der Waals surface area contributed by atoms with Crippen molar-refractivity contribution >= 4 is 34.5 Å². The van der Waals surface area contributed by atoms with E-state index < -0.39 is 0 Å². The minimum Gasteiger partial charge on any atom is -0.482 e.